The van der Waals surface area contributed by atoms with Crippen molar-refractivity contribution in [3.05, 3.63) is 115 Å². The van der Waals surface area contributed by atoms with Gasteiger partial charge in [-0.05, 0) is 73.4 Å². The molecule has 0 unspecified atom stereocenters. The Labute approximate surface area is 302 Å². The molecule has 187 valence electrons. The van der Waals surface area contributed by atoms with Gasteiger partial charge in [0.15, 0.2) is 0 Å². The van der Waals surface area contributed by atoms with Gasteiger partial charge in [0.05, 0.1) is 11.4 Å². The molecular weight excluding hydrogens is 699 g/mol. The molecule has 0 saturated heterocycles. The third kappa shape index (κ3) is 12.4. The number of rotatable bonds is 6. The largest absolute Gasteiger partial charge is 0.528 e. The van der Waals surface area contributed by atoms with Crippen molar-refractivity contribution < 1.29 is 98.1 Å². The van der Waals surface area contributed by atoms with Crippen LogP contribution in [0.15, 0.2) is 105 Å². The van der Waals surface area contributed by atoms with E-state index >= 15 is 0 Å². The fourth-order valence-electron chi connectivity index (χ4n) is 3.05. The van der Waals surface area contributed by atoms with E-state index in [-0.39, 0.29) is 98.1 Å². The Hall–Kier alpha value is -1.01. The van der Waals surface area contributed by atoms with Crippen LogP contribution in [0.2, 0.25) is 0 Å². The summed E-state index contributed by atoms with van der Waals surface area (Å²) in [4.78, 5) is 1.80. The van der Waals surface area contributed by atoms with Crippen molar-refractivity contribution in [1.29, 1.82) is 0 Å². The number of nitrogens with zero attached hydrogens (tertiary/aromatic N) is 5. The first-order chi connectivity index (χ1) is 17.0. The van der Waals surface area contributed by atoms with Crippen LogP contribution in [0.4, 0.5) is 34.1 Å². The molecule has 0 bridgehead atoms. The van der Waals surface area contributed by atoms with Gasteiger partial charge in [-0.2, -0.15) is 56.9 Å². The molecule has 0 spiro atoms. The number of aryl methyl sites for hydroxylation is 2. The Morgan fingerprint density at radius 1 is 0.684 bits per heavy atom. The van der Waals surface area contributed by atoms with Crippen molar-refractivity contribution in [2.75, 3.05) is 24.3 Å². The van der Waals surface area contributed by atoms with Crippen LogP contribution >= 0.6 is 0 Å². The second-order valence-corrected chi connectivity index (χ2v) is 7.83. The van der Waals surface area contributed by atoms with Gasteiger partial charge >= 0.3 is 0 Å². The van der Waals surface area contributed by atoms with Crippen LogP contribution in [0.5, 0.6) is 0 Å². The van der Waals surface area contributed by atoms with Gasteiger partial charge in [0.1, 0.15) is 0 Å². The molecule has 4 rings (SSSR count). The second kappa shape index (κ2) is 20.0. The van der Waals surface area contributed by atoms with Gasteiger partial charge in [0.25, 0.3) is 0 Å². The van der Waals surface area contributed by atoms with Crippen molar-refractivity contribution in [3.63, 3.8) is 0 Å². The average Bonchev–Trinajstić information content (AvgIpc) is 2.88. The molecule has 4 aromatic rings. The van der Waals surface area contributed by atoms with Crippen LogP contribution in [0, 0.1) is 33.0 Å². The normalized spacial score (nSPS) is 9.92. The summed E-state index contributed by atoms with van der Waals surface area (Å²) in [6.07, 6.45) is 0. The average molecular weight is 728 g/mol. The molecule has 0 aliphatic rings. The minimum Gasteiger partial charge on any atom is -0.528 e. The van der Waals surface area contributed by atoms with Gasteiger partial charge in [0.2, 0.25) is 0 Å². The van der Waals surface area contributed by atoms with E-state index in [2.05, 4.69) is 45.0 Å². The summed E-state index contributed by atoms with van der Waals surface area (Å²) in [5, 5.41) is 19.9. The monoisotopic (exact) mass is 728 g/mol. The number of nitrogens with one attached hydrogen (secondary N) is 1. The maximum Gasteiger partial charge on any atom is 0.0860 e. The van der Waals surface area contributed by atoms with Crippen LogP contribution in [0.3, 0.4) is 0 Å². The van der Waals surface area contributed by atoms with E-state index in [1.165, 1.54) is 0 Å². The molecule has 0 aliphatic carbocycles. The zero-order valence-corrected chi connectivity index (χ0v) is 30.8. The fraction of sp³-hybridized carbons (Fsp3) is 0.138. The summed E-state index contributed by atoms with van der Waals surface area (Å²) >= 11 is 0. The van der Waals surface area contributed by atoms with Crippen LogP contribution in [-0.4, -0.2) is 14.1 Å². The number of azo groups is 2. The van der Waals surface area contributed by atoms with E-state index < -0.39 is 0 Å². The van der Waals surface area contributed by atoms with Gasteiger partial charge in [-0.3, -0.25) is 7.05 Å². The molecule has 1 N–H and O–H groups in total. The first-order valence-corrected chi connectivity index (χ1v) is 11.2. The zero-order chi connectivity index (χ0) is 25.0. The number of anilines is 2. The van der Waals surface area contributed by atoms with E-state index in [1.807, 2.05) is 113 Å². The maximum atomic E-state index is 4.26. The van der Waals surface area contributed by atoms with Crippen LogP contribution in [0.25, 0.3) is 0 Å². The van der Waals surface area contributed by atoms with Crippen LogP contribution in [0.1, 0.15) is 11.1 Å². The molecule has 3 radical (unpaired) electrons. The molecule has 6 nitrogen and oxygen atoms in total. The molecular formula is C29H29N6Y3-3. The van der Waals surface area contributed by atoms with Crippen molar-refractivity contribution in [1.82, 2.24) is 0 Å². The molecule has 0 saturated carbocycles. The number of hydrogen-bond acceptors (Lipinski definition) is 6. The predicted octanol–water partition coefficient (Wildman–Crippen LogP) is 8.68. The topological polar surface area (TPSA) is 64.7 Å². The summed E-state index contributed by atoms with van der Waals surface area (Å²) in [5.74, 6) is 0. The third-order valence-corrected chi connectivity index (χ3v) is 5.07. The van der Waals surface area contributed by atoms with Crippen molar-refractivity contribution in [3.8, 4) is 0 Å². The third-order valence-electron chi connectivity index (χ3n) is 5.07. The van der Waals surface area contributed by atoms with Gasteiger partial charge < -0.3 is 10.2 Å². The van der Waals surface area contributed by atoms with Crippen molar-refractivity contribution in [2.45, 2.75) is 13.8 Å². The molecule has 4 aromatic carbocycles. The van der Waals surface area contributed by atoms with Crippen LogP contribution in [-0.2, 0) is 98.1 Å². The molecule has 9 heteroatoms. The Morgan fingerprint density at radius 2 is 1.24 bits per heavy atom. The number of benzene rings is 4. The Bertz CT molecular complexity index is 1280. The smallest absolute Gasteiger partial charge is 0.0860 e. The predicted molar refractivity (Wildman–Crippen MR) is 145 cm³/mol. The van der Waals surface area contributed by atoms with Gasteiger partial charge in [-0.25, -0.2) is 0 Å². The standard InChI is InChI=1S/C15H16N3.C14H13N3.3Y/c1-11-6-4-5-7-15(11)18-17-13-8-9-14(16-3)12(2)10-13;1-17(2)14-10-8-13(9-11-14)16-15-12-6-4-3-5-7-12;;;/h5-10,16H,1-3H3;4-11H,1H2,2H3;;;/q-1;-2;;;. The Balaban J connectivity index is 0.000000669. The fourth-order valence-corrected chi connectivity index (χ4v) is 3.05. The molecule has 0 aromatic heterocycles. The summed E-state index contributed by atoms with van der Waals surface area (Å²) in [6, 6.07) is 32.7. The van der Waals surface area contributed by atoms with E-state index in [0.29, 0.717) is 0 Å². The molecule has 0 heterocycles. The quantitative estimate of drug-likeness (QED) is 0.160. The van der Waals surface area contributed by atoms with E-state index in [9.17, 15) is 0 Å². The maximum absolute atomic E-state index is 4.26. The van der Waals surface area contributed by atoms with E-state index in [4.69, 9.17) is 0 Å². The van der Waals surface area contributed by atoms with Gasteiger partial charge in [0, 0.05) is 117 Å². The molecule has 0 amide bonds. The van der Waals surface area contributed by atoms with Gasteiger partial charge in [-0.15, -0.1) is 23.8 Å². The second-order valence-electron chi connectivity index (χ2n) is 7.83. The molecule has 38 heavy (non-hydrogen) atoms. The first-order valence-electron chi connectivity index (χ1n) is 11.2. The minimum absolute atomic E-state index is 0. The molecule has 0 atom stereocenters. The first kappa shape index (κ1) is 37.0. The van der Waals surface area contributed by atoms with Gasteiger partial charge in [-0.1, -0.05) is 6.92 Å². The Morgan fingerprint density at radius 3 is 1.79 bits per heavy atom. The van der Waals surface area contributed by atoms with Crippen molar-refractivity contribution in [2.24, 2.45) is 20.5 Å². The summed E-state index contributed by atoms with van der Waals surface area (Å²) in [7, 11) is 7.62. The van der Waals surface area contributed by atoms with Crippen LogP contribution < -0.4 is 10.2 Å². The van der Waals surface area contributed by atoms with Crippen molar-refractivity contribution >= 4 is 34.1 Å². The molecule has 0 fully saturated rings. The summed E-state index contributed by atoms with van der Waals surface area (Å²) < 4.78 is 0. The minimum atomic E-state index is 0. The SMILES string of the molecule is CNc1ccc(N=Nc2cc[c-]cc2C)cc1C.[CH2-]N(C)c1ccc(N=Nc2cc[c-]cc2)cc1.[Y].[Y].[Y]. The number of hydrogen-bond donors (Lipinski definition) is 1. The summed E-state index contributed by atoms with van der Waals surface area (Å²) in [5.41, 5.74) is 7.77. The van der Waals surface area contributed by atoms with E-state index in [1.54, 1.807) is 4.90 Å². The summed E-state index contributed by atoms with van der Waals surface area (Å²) in [6.45, 7) is 4.05. The Kier molecular flexibility index (Phi) is 19.4. The molecule has 0 aliphatic heterocycles. The van der Waals surface area contributed by atoms with E-state index in [0.717, 1.165) is 45.3 Å². The zero-order valence-electron chi connectivity index (χ0n) is 22.3.